The maximum Gasteiger partial charge on any atom is 0.260 e. The van der Waals surface area contributed by atoms with Crippen LogP contribution < -0.4 is 20.9 Å². The highest BCUT2D eigenvalue weighted by Crippen LogP contribution is 2.42. The van der Waals surface area contributed by atoms with Crippen LogP contribution in [0.1, 0.15) is 40.9 Å². The quantitative estimate of drug-likeness (QED) is 0.295. The van der Waals surface area contributed by atoms with Gasteiger partial charge in [-0.25, -0.2) is 4.98 Å². The fourth-order valence-electron chi connectivity index (χ4n) is 5.20. The molecule has 1 amide bonds. The van der Waals surface area contributed by atoms with E-state index in [1.807, 2.05) is 36.1 Å². The number of rotatable bonds is 9. The van der Waals surface area contributed by atoms with Gasteiger partial charge >= 0.3 is 0 Å². The number of benzene rings is 1. The minimum atomic E-state index is -0.550. The lowest BCUT2D eigenvalue weighted by Gasteiger charge is -2.36. The molecule has 1 saturated heterocycles. The maximum atomic E-state index is 11.9. The average Bonchev–Trinajstić information content (AvgIpc) is 3.43. The molecule has 2 fully saturated rings. The molecular formula is C27H35ClN8O3S. The van der Waals surface area contributed by atoms with Gasteiger partial charge in [0, 0.05) is 44.8 Å². The van der Waals surface area contributed by atoms with Crippen molar-refractivity contribution in [1.29, 1.82) is 0 Å². The molecule has 1 aliphatic heterocycles. The first-order valence-electron chi connectivity index (χ1n) is 13.5. The Morgan fingerprint density at radius 2 is 1.95 bits per heavy atom. The van der Waals surface area contributed by atoms with E-state index in [1.54, 1.807) is 0 Å². The van der Waals surface area contributed by atoms with E-state index in [0.29, 0.717) is 39.0 Å². The molecule has 214 valence electrons. The van der Waals surface area contributed by atoms with E-state index >= 15 is 0 Å². The minimum absolute atomic E-state index is 0.134. The number of piperazine rings is 1. The molecule has 1 aromatic carbocycles. The van der Waals surface area contributed by atoms with Crippen LogP contribution in [0.3, 0.4) is 0 Å². The Labute approximate surface area is 242 Å². The molecule has 5 rings (SSSR count). The Bertz CT molecular complexity index is 1300. The molecule has 3 heterocycles. The van der Waals surface area contributed by atoms with E-state index in [1.165, 1.54) is 17.5 Å². The summed E-state index contributed by atoms with van der Waals surface area (Å²) in [5, 5.41) is 23.9. The maximum absolute atomic E-state index is 11.9. The van der Waals surface area contributed by atoms with Crippen molar-refractivity contribution in [3.05, 3.63) is 45.9 Å². The molecule has 2 aromatic heterocycles. The summed E-state index contributed by atoms with van der Waals surface area (Å²) in [5.74, 6) is 1.25. The van der Waals surface area contributed by atoms with Gasteiger partial charge in [0.1, 0.15) is 16.5 Å². The number of thiazole rings is 1. The highest BCUT2D eigenvalue weighted by Gasteiger charge is 2.27. The number of carbonyl (C=O) groups excluding carboxylic acids is 1. The number of nitrogens with two attached hydrogens (primary N) is 1. The molecule has 40 heavy (non-hydrogen) atoms. The van der Waals surface area contributed by atoms with Crippen molar-refractivity contribution in [2.45, 2.75) is 44.8 Å². The van der Waals surface area contributed by atoms with Crippen LogP contribution in [-0.4, -0.2) is 87.4 Å². The van der Waals surface area contributed by atoms with Gasteiger partial charge in [0.2, 0.25) is 5.95 Å². The number of aryl methyl sites for hydroxylation is 1. The third-order valence-corrected chi connectivity index (χ3v) is 8.71. The van der Waals surface area contributed by atoms with Gasteiger partial charge in [0.25, 0.3) is 5.91 Å². The number of aromatic nitrogens is 3. The largest absolute Gasteiger partial charge is 0.395 e. The van der Waals surface area contributed by atoms with Crippen LogP contribution >= 0.6 is 22.9 Å². The number of para-hydroxylation sites is 1. The summed E-state index contributed by atoms with van der Waals surface area (Å²) in [5.41, 5.74) is 7.18. The highest BCUT2D eigenvalue weighted by molar-refractivity contribution is 7.17. The van der Waals surface area contributed by atoms with Gasteiger partial charge in [0.05, 0.1) is 29.6 Å². The SMILES string of the molecule is Cc1cccc(Cl)c1N(c1cc(N2CCN(CCO)CC2)nc(NC2CCC(O)CC2)n1)c1ncc(C(N)=O)s1. The minimum Gasteiger partial charge on any atom is -0.395 e. The van der Waals surface area contributed by atoms with Crippen molar-refractivity contribution in [2.24, 2.45) is 5.73 Å². The summed E-state index contributed by atoms with van der Waals surface area (Å²) in [6.45, 7) is 5.87. The van der Waals surface area contributed by atoms with Crippen LogP contribution in [0.5, 0.6) is 0 Å². The molecule has 5 N–H and O–H groups in total. The number of anilines is 5. The molecule has 0 atom stereocenters. The second-order valence-corrected chi connectivity index (χ2v) is 11.6. The molecule has 1 saturated carbocycles. The third-order valence-electron chi connectivity index (χ3n) is 7.41. The lowest BCUT2D eigenvalue weighted by Crippen LogP contribution is -2.47. The van der Waals surface area contributed by atoms with Crippen LogP contribution in [0.4, 0.5) is 28.4 Å². The number of nitrogens with one attached hydrogen (secondary N) is 1. The van der Waals surface area contributed by atoms with Crippen molar-refractivity contribution in [2.75, 3.05) is 54.4 Å². The molecule has 13 heteroatoms. The van der Waals surface area contributed by atoms with Crippen LogP contribution in [0.15, 0.2) is 30.5 Å². The molecule has 0 bridgehead atoms. The molecule has 3 aromatic rings. The summed E-state index contributed by atoms with van der Waals surface area (Å²) in [7, 11) is 0. The second-order valence-electron chi connectivity index (χ2n) is 10.2. The summed E-state index contributed by atoms with van der Waals surface area (Å²) in [6, 6.07) is 7.73. The van der Waals surface area contributed by atoms with Gasteiger partial charge in [-0.05, 0) is 44.2 Å². The predicted octanol–water partition coefficient (Wildman–Crippen LogP) is 3.29. The van der Waals surface area contributed by atoms with Crippen LogP contribution in [0.2, 0.25) is 5.02 Å². The Kier molecular flexibility index (Phi) is 9.01. The Morgan fingerprint density at radius 1 is 1.20 bits per heavy atom. The number of carbonyl (C=O) groups is 1. The van der Waals surface area contributed by atoms with Crippen molar-refractivity contribution in [3.63, 3.8) is 0 Å². The van der Waals surface area contributed by atoms with E-state index in [2.05, 4.69) is 20.1 Å². The monoisotopic (exact) mass is 586 g/mol. The van der Waals surface area contributed by atoms with Gasteiger partial charge < -0.3 is 26.2 Å². The first kappa shape index (κ1) is 28.5. The van der Waals surface area contributed by atoms with Gasteiger partial charge in [-0.15, -0.1) is 0 Å². The molecule has 0 spiro atoms. The zero-order valence-electron chi connectivity index (χ0n) is 22.5. The van der Waals surface area contributed by atoms with E-state index < -0.39 is 5.91 Å². The van der Waals surface area contributed by atoms with E-state index in [4.69, 9.17) is 27.3 Å². The standard InChI is InChI=1S/C27H35ClN8O3S/c1-17-3-2-4-20(28)24(17)36(27-30-16-21(40-27)25(29)39)23-15-22(35-11-9-34(10-12-35)13-14-37)32-26(33-23)31-18-5-7-19(38)8-6-18/h2-4,15-16,18-19,37-38H,5-14H2,1H3,(H2,29,39)(H,31,32,33). The lowest BCUT2D eigenvalue weighted by molar-refractivity contribution is 0.100. The smallest absolute Gasteiger partial charge is 0.260 e. The van der Waals surface area contributed by atoms with Crippen molar-refractivity contribution in [3.8, 4) is 0 Å². The number of hydrogen-bond acceptors (Lipinski definition) is 11. The number of amides is 1. The van der Waals surface area contributed by atoms with Gasteiger partial charge in [-0.3, -0.25) is 14.6 Å². The summed E-state index contributed by atoms with van der Waals surface area (Å²) < 4.78 is 0. The fourth-order valence-corrected chi connectivity index (χ4v) is 6.30. The van der Waals surface area contributed by atoms with Crippen molar-refractivity contribution in [1.82, 2.24) is 19.9 Å². The van der Waals surface area contributed by atoms with E-state index in [9.17, 15) is 15.0 Å². The van der Waals surface area contributed by atoms with Gasteiger partial charge in [-0.1, -0.05) is 35.1 Å². The van der Waals surface area contributed by atoms with Gasteiger partial charge in [-0.2, -0.15) is 9.97 Å². The number of primary amides is 1. The van der Waals surface area contributed by atoms with Crippen LogP contribution in [-0.2, 0) is 0 Å². The number of aliphatic hydroxyl groups excluding tert-OH is 2. The lowest BCUT2D eigenvalue weighted by atomic mass is 9.93. The number of halogens is 1. The normalized spacial score (nSPS) is 19.9. The molecule has 1 aliphatic carbocycles. The van der Waals surface area contributed by atoms with Crippen LogP contribution in [0.25, 0.3) is 0 Å². The molecular weight excluding hydrogens is 552 g/mol. The molecule has 2 aliphatic rings. The van der Waals surface area contributed by atoms with E-state index in [-0.39, 0.29) is 18.8 Å². The van der Waals surface area contributed by atoms with E-state index in [0.717, 1.165) is 63.2 Å². The van der Waals surface area contributed by atoms with Gasteiger partial charge in [0.15, 0.2) is 5.13 Å². The summed E-state index contributed by atoms with van der Waals surface area (Å²) >= 11 is 7.94. The zero-order chi connectivity index (χ0) is 28.2. The van der Waals surface area contributed by atoms with Crippen LogP contribution in [0, 0.1) is 6.92 Å². The Hall–Kier alpha value is -3.03. The number of nitrogens with zero attached hydrogens (tertiary/aromatic N) is 6. The number of hydrogen-bond donors (Lipinski definition) is 4. The second kappa shape index (κ2) is 12.6. The average molecular weight is 587 g/mol. The summed E-state index contributed by atoms with van der Waals surface area (Å²) in [6.07, 6.45) is 4.32. The van der Waals surface area contributed by atoms with Crippen molar-refractivity contribution < 1.29 is 15.0 Å². The molecule has 0 unspecified atom stereocenters. The Balaban J connectivity index is 1.58. The molecule has 11 nitrogen and oxygen atoms in total. The first-order valence-corrected chi connectivity index (χ1v) is 14.7. The highest BCUT2D eigenvalue weighted by atomic mass is 35.5. The summed E-state index contributed by atoms with van der Waals surface area (Å²) in [4.78, 5) is 33.0. The number of β-amino-alcohol motifs (C(OH)–C–C–N with tert-alkyl or cyclic N) is 1. The first-order chi connectivity index (χ1) is 19.3. The zero-order valence-corrected chi connectivity index (χ0v) is 24.0. The Morgan fingerprint density at radius 3 is 2.60 bits per heavy atom. The molecule has 0 radical (unpaired) electrons. The third kappa shape index (κ3) is 6.47. The van der Waals surface area contributed by atoms with Crippen molar-refractivity contribution >= 4 is 57.2 Å². The topological polar surface area (TPSA) is 144 Å². The predicted molar refractivity (Wildman–Crippen MR) is 158 cm³/mol. The number of aliphatic hydroxyl groups is 2. The fraction of sp³-hybridized carbons (Fsp3) is 0.481.